The van der Waals surface area contributed by atoms with Gasteiger partial charge < -0.3 is 14.6 Å². The number of aromatic nitrogens is 1. The number of para-hydroxylation sites is 1. The van der Waals surface area contributed by atoms with E-state index in [-0.39, 0.29) is 0 Å². The second-order valence-electron chi connectivity index (χ2n) is 8.18. The molecule has 1 aliphatic carbocycles. The molecular weight excluding hydrogens is 346 g/mol. The molecule has 1 aliphatic heterocycles. The Morgan fingerprint density at radius 2 is 1.82 bits per heavy atom. The number of piperazine rings is 1. The molecule has 0 spiro atoms. The summed E-state index contributed by atoms with van der Waals surface area (Å²) in [6.07, 6.45) is 6.17. The maximum atomic E-state index is 5.39. The predicted octanol–water partition coefficient (Wildman–Crippen LogP) is 4.63. The minimum absolute atomic E-state index is 0.692. The molecule has 0 radical (unpaired) electrons. The summed E-state index contributed by atoms with van der Waals surface area (Å²) in [5, 5.41) is 1.41. The number of rotatable bonds is 4. The molecule has 2 unspecified atom stereocenters. The summed E-state index contributed by atoms with van der Waals surface area (Å²) < 4.78 is 5.39. The maximum absolute atomic E-state index is 5.39. The van der Waals surface area contributed by atoms with Crippen molar-refractivity contribution in [2.75, 3.05) is 38.2 Å². The molecule has 2 fully saturated rings. The number of ether oxygens (including phenoxy) is 1. The van der Waals surface area contributed by atoms with Gasteiger partial charge in [-0.3, -0.25) is 4.90 Å². The van der Waals surface area contributed by atoms with Crippen molar-refractivity contribution in [1.82, 2.24) is 9.88 Å². The number of benzene rings is 2. The number of fused-ring (bicyclic) bond motifs is 1. The zero-order valence-electron chi connectivity index (χ0n) is 16.6. The molecule has 2 heterocycles. The van der Waals surface area contributed by atoms with Gasteiger partial charge in [0.25, 0.3) is 0 Å². The highest BCUT2D eigenvalue weighted by Crippen LogP contribution is 2.40. The van der Waals surface area contributed by atoms with Crippen LogP contribution in [0.2, 0.25) is 0 Å². The Morgan fingerprint density at radius 3 is 2.68 bits per heavy atom. The average molecular weight is 376 g/mol. The van der Waals surface area contributed by atoms with Crippen LogP contribution in [0, 0.1) is 0 Å². The van der Waals surface area contributed by atoms with E-state index in [1.807, 2.05) is 6.07 Å². The SMILES string of the molecule is COc1cccc(N2CCN(C3CCC(c4c[nH]c5ccccc45)C3)CC2)c1. The van der Waals surface area contributed by atoms with E-state index in [1.165, 1.54) is 41.4 Å². The molecule has 4 nitrogen and oxygen atoms in total. The highest BCUT2D eigenvalue weighted by atomic mass is 16.5. The lowest BCUT2D eigenvalue weighted by Crippen LogP contribution is -2.49. The first-order valence-corrected chi connectivity index (χ1v) is 10.5. The third-order valence-electron chi connectivity index (χ3n) is 6.72. The van der Waals surface area contributed by atoms with Gasteiger partial charge in [-0.15, -0.1) is 0 Å². The summed E-state index contributed by atoms with van der Waals surface area (Å²) >= 11 is 0. The third-order valence-corrected chi connectivity index (χ3v) is 6.72. The van der Waals surface area contributed by atoms with Crippen molar-refractivity contribution in [3.8, 4) is 5.75 Å². The third kappa shape index (κ3) is 3.26. The lowest BCUT2D eigenvalue weighted by Gasteiger charge is -2.39. The van der Waals surface area contributed by atoms with Gasteiger partial charge in [-0.05, 0) is 48.9 Å². The van der Waals surface area contributed by atoms with Crippen LogP contribution in [0.3, 0.4) is 0 Å². The average Bonchev–Trinajstić information content (AvgIpc) is 3.41. The molecule has 2 aliphatic rings. The fraction of sp³-hybridized carbons (Fsp3) is 0.417. The number of aromatic amines is 1. The molecule has 0 bridgehead atoms. The number of anilines is 1. The molecule has 3 aromatic rings. The minimum atomic E-state index is 0.692. The van der Waals surface area contributed by atoms with Crippen molar-refractivity contribution >= 4 is 16.6 Å². The van der Waals surface area contributed by atoms with Crippen molar-refractivity contribution < 1.29 is 4.74 Å². The Labute approximate surface area is 167 Å². The van der Waals surface area contributed by atoms with Crippen LogP contribution >= 0.6 is 0 Å². The van der Waals surface area contributed by atoms with Crippen molar-refractivity contribution in [1.29, 1.82) is 0 Å². The summed E-state index contributed by atoms with van der Waals surface area (Å²) in [6.45, 7) is 4.51. The van der Waals surface area contributed by atoms with Crippen molar-refractivity contribution in [3.05, 3.63) is 60.3 Å². The molecule has 2 atom stereocenters. The van der Waals surface area contributed by atoms with E-state index in [0.717, 1.165) is 38.0 Å². The first kappa shape index (κ1) is 17.6. The fourth-order valence-electron chi connectivity index (χ4n) is 5.16. The van der Waals surface area contributed by atoms with E-state index in [4.69, 9.17) is 4.74 Å². The zero-order valence-corrected chi connectivity index (χ0v) is 16.6. The quantitative estimate of drug-likeness (QED) is 0.721. The maximum Gasteiger partial charge on any atom is 0.120 e. The van der Waals surface area contributed by atoms with Crippen LogP contribution < -0.4 is 9.64 Å². The number of nitrogens with zero attached hydrogens (tertiary/aromatic N) is 2. The van der Waals surface area contributed by atoms with Gasteiger partial charge in [0.15, 0.2) is 0 Å². The van der Waals surface area contributed by atoms with Gasteiger partial charge >= 0.3 is 0 Å². The number of methoxy groups -OCH3 is 1. The highest BCUT2D eigenvalue weighted by molar-refractivity contribution is 5.83. The van der Waals surface area contributed by atoms with Crippen molar-refractivity contribution in [2.24, 2.45) is 0 Å². The van der Waals surface area contributed by atoms with Crippen molar-refractivity contribution in [3.63, 3.8) is 0 Å². The van der Waals surface area contributed by atoms with Crippen LogP contribution in [-0.4, -0.2) is 49.2 Å². The van der Waals surface area contributed by atoms with Crippen LogP contribution in [0.25, 0.3) is 10.9 Å². The molecule has 1 aromatic heterocycles. The lowest BCUT2D eigenvalue weighted by molar-refractivity contribution is 0.186. The Kier molecular flexibility index (Phi) is 4.73. The minimum Gasteiger partial charge on any atom is -0.497 e. The molecule has 146 valence electrons. The standard InChI is InChI=1S/C24H29N3O/c1-28-21-6-4-5-19(16-21)26-11-13-27(14-12-26)20-10-9-18(15-20)23-17-25-24-8-3-2-7-22(23)24/h2-8,16-18,20,25H,9-15H2,1H3. The second kappa shape index (κ2) is 7.51. The summed E-state index contributed by atoms with van der Waals surface area (Å²) in [4.78, 5) is 8.68. The summed E-state index contributed by atoms with van der Waals surface area (Å²) in [6, 6.07) is 17.9. The van der Waals surface area contributed by atoms with E-state index in [0.29, 0.717) is 5.92 Å². The Balaban J connectivity index is 1.22. The molecule has 1 N–H and O–H groups in total. The molecule has 5 rings (SSSR count). The van der Waals surface area contributed by atoms with Gasteiger partial charge in [-0.2, -0.15) is 0 Å². The van der Waals surface area contributed by atoms with Crippen LogP contribution in [0.15, 0.2) is 54.7 Å². The van der Waals surface area contributed by atoms with Gasteiger partial charge in [0.2, 0.25) is 0 Å². The van der Waals surface area contributed by atoms with Crippen LogP contribution in [0.5, 0.6) is 5.75 Å². The zero-order chi connectivity index (χ0) is 18.9. The number of nitrogens with one attached hydrogen (secondary N) is 1. The molecule has 1 saturated heterocycles. The van der Waals surface area contributed by atoms with Crippen LogP contribution in [0.4, 0.5) is 5.69 Å². The molecule has 4 heteroatoms. The molecule has 1 saturated carbocycles. The van der Waals surface area contributed by atoms with Gasteiger partial charge in [-0.25, -0.2) is 0 Å². The first-order valence-electron chi connectivity index (χ1n) is 10.5. The van der Waals surface area contributed by atoms with E-state index in [9.17, 15) is 0 Å². The van der Waals surface area contributed by atoms with Gasteiger partial charge in [0.05, 0.1) is 7.11 Å². The Morgan fingerprint density at radius 1 is 0.964 bits per heavy atom. The Bertz CT molecular complexity index is 942. The number of H-pyrrole nitrogens is 1. The topological polar surface area (TPSA) is 31.5 Å². The van der Waals surface area contributed by atoms with E-state index in [1.54, 1.807) is 7.11 Å². The second-order valence-corrected chi connectivity index (χ2v) is 8.18. The fourth-order valence-corrected chi connectivity index (χ4v) is 5.16. The van der Waals surface area contributed by atoms with E-state index >= 15 is 0 Å². The normalized spacial score (nSPS) is 23.4. The summed E-state index contributed by atoms with van der Waals surface area (Å²) in [7, 11) is 1.74. The van der Waals surface area contributed by atoms with Gasteiger partial charge in [-0.1, -0.05) is 24.3 Å². The first-order chi connectivity index (χ1) is 13.8. The van der Waals surface area contributed by atoms with Crippen molar-refractivity contribution in [2.45, 2.75) is 31.2 Å². The summed E-state index contributed by atoms with van der Waals surface area (Å²) in [5.74, 6) is 1.63. The summed E-state index contributed by atoms with van der Waals surface area (Å²) in [5.41, 5.74) is 4.07. The number of hydrogen-bond donors (Lipinski definition) is 1. The Hall–Kier alpha value is -2.46. The molecular formula is C24H29N3O. The number of hydrogen-bond acceptors (Lipinski definition) is 3. The van der Waals surface area contributed by atoms with Gasteiger partial charge in [0.1, 0.15) is 5.75 Å². The monoisotopic (exact) mass is 375 g/mol. The lowest BCUT2D eigenvalue weighted by atomic mass is 9.97. The predicted molar refractivity (Wildman–Crippen MR) is 115 cm³/mol. The van der Waals surface area contributed by atoms with Crippen LogP contribution in [0.1, 0.15) is 30.7 Å². The molecule has 28 heavy (non-hydrogen) atoms. The van der Waals surface area contributed by atoms with E-state index < -0.39 is 0 Å². The smallest absolute Gasteiger partial charge is 0.120 e. The molecule has 2 aromatic carbocycles. The highest BCUT2D eigenvalue weighted by Gasteiger charge is 2.32. The van der Waals surface area contributed by atoms with Gasteiger partial charge in [0, 0.05) is 61.1 Å². The molecule has 0 amide bonds. The van der Waals surface area contributed by atoms with Crippen LogP contribution in [-0.2, 0) is 0 Å². The largest absolute Gasteiger partial charge is 0.497 e. The van der Waals surface area contributed by atoms with E-state index in [2.05, 4.69) is 63.4 Å².